The van der Waals surface area contributed by atoms with Crippen molar-refractivity contribution in [1.82, 2.24) is 10.6 Å². The number of carboxylic acids is 1. The number of allylic oxidation sites excluding steroid dienone is 3. The normalized spacial score (nSPS) is 41.1. The molecule has 5 nitrogen and oxygen atoms in total. The molecule has 0 unspecified atom stereocenters. The van der Waals surface area contributed by atoms with E-state index in [9.17, 15) is 14.7 Å². The SMILES string of the molecule is C=C(C)[C@@H]1CC[C@]2(NC(=O)CNCC3CCCC3)CC[C@]3(C)[C@H](CC[C@@H]4[C@@]5(C)CC=C(c6ccc(C(=O)O)cc6)C(C)(C)[C@@H]5CC[C@]43C)[C@@H]12. The lowest BCUT2D eigenvalue weighted by Crippen LogP contribution is -2.68. The number of carbonyl (C=O) groups is 2. The molecule has 5 heteroatoms. The highest BCUT2D eigenvalue weighted by atomic mass is 16.4. The van der Waals surface area contributed by atoms with Crippen LogP contribution < -0.4 is 10.6 Å². The monoisotopic (exact) mass is 668 g/mol. The summed E-state index contributed by atoms with van der Waals surface area (Å²) >= 11 is 0. The molecule has 0 saturated heterocycles. The summed E-state index contributed by atoms with van der Waals surface area (Å²) in [5, 5.41) is 16.8. The molecular formula is C44H64N2O3. The van der Waals surface area contributed by atoms with Crippen LogP contribution in [0.25, 0.3) is 5.57 Å². The van der Waals surface area contributed by atoms with Gasteiger partial charge in [-0.15, -0.1) is 0 Å². The minimum atomic E-state index is -0.868. The van der Waals surface area contributed by atoms with Gasteiger partial charge < -0.3 is 15.7 Å². The molecular weight excluding hydrogens is 604 g/mol. The van der Waals surface area contributed by atoms with E-state index >= 15 is 0 Å². The maximum absolute atomic E-state index is 13.6. The standard InChI is InChI=1S/C44H64N2O3/c1-28(2)32-18-23-44(46-37(47)27-45-26-29-10-8-9-11-29)25-24-42(6)34(38(32)44)16-17-36-41(5)21-19-33(30-12-14-31(15-13-30)39(48)49)40(3,4)35(41)20-22-43(36,42)7/h12-15,19,29,32,34-36,38,45H,1,8-11,16-18,20-27H2,2-7H3,(H,46,47)(H,48,49)/t32-,34+,35-,36+,38+,41-,42+,43+,44-/m0/s1. The van der Waals surface area contributed by atoms with E-state index in [0.717, 1.165) is 38.1 Å². The van der Waals surface area contributed by atoms with Crippen molar-refractivity contribution >= 4 is 17.4 Å². The Labute approximate surface area is 296 Å². The Morgan fingerprint density at radius 2 is 1.57 bits per heavy atom. The third kappa shape index (κ3) is 5.41. The number of aromatic carboxylic acids is 1. The van der Waals surface area contributed by atoms with Gasteiger partial charge in [0.15, 0.2) is 0 Å². The van der Waals surface area contributed by atoms with Gasteiger partial charge in [-0.3, -0.25) is 4.79 Å². The first-order valence-electron chi connectivity index (χ1n) is 19.9. The average Bonchev–Trinajstić information content (AvgIpc) is 3.70. The summed E-state index contributed by atoms with van der Waals surface area (Å²) in [5.74, 6) is 2.84. The molecule has 6 aliphatic carbocycles. The molecule has 5 fully saturated rings. The molecule has 1 aromatic rings. The molecule has 1 aromatic carbocycles. The van der Waals surface area contributed by atoms with Crippen LogP contribution in [-0.2, 0) is 4.79 Å². The summed E-state index contributed by atoms with van der Waals surface area (Å²) < 4.78 is 0. The molecule has 49 heavy (non-hydrogen) atoms. The minimum Gasteiger partial charge on any atom is -0.478 e. The first-order chi connectivity index (χ1) is 23.2. The van der Waals surface area contributed by atoms with E-state index in [1.807, 2.05) is 12.1 Å². The number of rotatable bonds is 8. The van der Waals surface area contributed by atoms with Gasteiger partial charge in [0.05, 0.1) is 12.1 Å². The summed E-state index contributed by atoms with van der Waals surface area (Å²) in [6, 6.07) is 7.58. The summed E-state index contributed by atoms with van der Waals surface area (Å²) in [6.45, 7) is 21.1. The zero-order valence-electron chi connectivity index (χ0n) is 31.4. The van der Waals surface area contributed by atoms with E-state index < -0.39 is 5.97 Å². The van der Waals surface area contributed by atoms with Crippen LogP contribution in [-0.4, -0.2) is 35.6 Å². The van der Waals surface area contributed by atoms with E-state index in [2.05, 4.69) is 64.8 Å². The van der Waals surface area contributed by atoms with Gasteiger partial charge in [0, 0.05) is 5.54 Å². The highest BCUT2D eigenvalue weighted by Gasteiger charge is 2.70. The molecule has 0 spiro atoms. The molecule has 0 heterocycles. The molecule has 5 saturated carbocycles. The largest absolute Gasteiger partial charge is 0.478 e. The van der Waals surface area contributed by atoms with Crippen molar-refractivity contribution in [3.8, 4) is 0 Å². The topological polar surface area (TPSA) is 78.4 Å². The second-order valence-electron chi connectivity index (χ2n) is 19.1. The predicted molar refractivity (Wildman–Crippen MR) is 199 cm³/mol. The van der Waals surface area contributed by atoms with E-state index in [1.54, 1.807) is 12.1 Å². The Bertz CT molecular complexity index is 1500. The maximum atomic E-state index is 13.6. The number of nitrogens with one attached hydrogen (secondary N) is 2. The van der Waals surface area contributed by atoms with E-state index in [1.165, 1.54) is 74.5 Å². The Morgan fingerprint density at radius 3 is 2.24 bits per heavy atom. The fourth-order valence-corrected chi connectivity index (χ4v) is 14.2. The van der Waals surface area contributed by atoms with Gasteiger partial charge in [0.1, 0.15) is 0 Å². The molecule has 3 N–H and O–H groups in total. The minimum absolute atomic E-state index is 0.00508. The number of hydrogen-bond acceptors (Lipinski definition) is 3. The van der Waals surface area contributed by atoms with E-state index in [0.29, 0.717) is 41.7 Å². The van der Waals surface area contributed by atoms with Gasteiger partial charge in [0.2, 0.25) is 5.91 Å². The highest BCUT2D eigenvalue weighted by molar-refractivity contribution is 5.88. The summed E-state index contributed by atoms with van der Waals surface area (Å²) in [6.07, 6.45) is 18.4. The zero-order valence-corrected chi connectivity index (χ0v) is 31.4. The molecule has 1 amide bonds. The lowest BCUT2D eigenvalue weighted by atomic mass is 9.33. The van der Waals surface area contributed by atoms with Crippen molar-refractivity contribution < 1.29 is 14.7 Å². The fourth-order valence-electron chi connectivity index (χ4n) is 14.2. The maximum Gasteiger partial charge on any atom is 0.335 e. The molecule has 0 aliphatic heterocycles. The van der Waals surface area contributed by atoms with Crippen LogP contribution in [0.3, 0.4) is 0 Å². The van der Waals surface area contributed by atoms with Crippen molar-refractivity contribution in [3.05, 3.63) is 53.6 Å². The highest BCUT2D eigenvalue weighted by Crippen LogP contribution is 2.76. The van der Waals surface area contributed by atoms with Gasteiger partial charge >= 0.3 is 5.97 Å². The number of hydrogen-bond donors (Lipinski definition) is 3. The second-order valence-corrected chi connectivity index (χ2v) is 19.1. The van der Waals surface area contributed by atoms with Crippen LogP contribution in [0.15, 0.2) is 42.5 Å². The van der Waals surface area contributed by atoms with Crippen LogP contribution >= 0.6 is 0 Å². The van der Waals surface area contributed by atoms with Gasteiger partial charge in [-0.25, -0.2) is 4.79 Å². The number of fused-ring (bicyclic) bond motifs is 7. The van der Waals surface area contributed by atoms with Crippen molar-refractivity contribution in [2.75, 3.05) is 13.1 Å². The second kappa shape index (κ2) is 12.4. The lowest BCUT2D eigenvalue weighted by molar-refractivity contribution is -0.219. The van der Waals surface area contributed by atoms with Crippen LogP contribution in [0.4, 0.5) is 0 Å². The van der Waals surface area contributed by atoms with Crippen molar-refractivity contribution in [1.29, 1.82) is 0 Å². The smallest absolute Gasteiger partial charge is 0.335 e. The van der Waals surface area contributed by atoms with Crippen LogP contribution in [0, 0.1) is 57.2 Å². The van der Waals surface area contributed by atoms with Crippen molar-refractivity contribution in [3.63, 3.8) is 0 Å². The Hall–Kier alpha value is -2.40. The van der Waals surface area contributed by atoms with E-state index in [-0.39, 0.29) is 33.1 Å². The van der Waals surface area contributed by atoms with Crippen molar-refractivity contribution in [2.45, 2.75) is 131 Å². The van der Waals surface area contributed by atoms with Crippen LogP contribution in [0.5, 0.6) is 0 Å². The average molecular weight is 669 g/mol. The number of carbonyl (C=O) groups excluding carboxylic acids is 1. The van der Waals surface area contributed by atoms with Crippen molar-refractivity contribution in [2.24, 2.45) is 57.2 Å². The molecule has 7 rings (SSSR count). The molecule has 268 valence electrons. The Morgan fingerprint density at radius 1 is 0.857 bits per heavy atom. The Kier molecular flexibility index (Phi) is 8.85. The van der Waals surface area contributed by atoms with Crippen LogP contribution in [0.1, 0.15) is 141 Å². The Balaban J connectivity index is 1.15. The zero-order chi connectivity index (χ0) is 35.0. The molecule has 9 atom stereocenters. The fraction of sp³-hybridized carbons (Fsp3) is 0.727. The quantitative estimate of drug-likeness (QED) is 0.241. The number of benzene rings is 1. The van der Waals surface area contributed by atoms with Gasteiger partial charge in [-0.1, -0.05) is 77.8 Å². The first kappa shape index (κ1) is 35.0. The third-order valence-corrected chi connectivity index (χ3v) is 16.7. The molecule has 0 aromatic heterocycles. The number of amides is 1. The molecule has 6 aliphatic rings. The van der Waals surface area contributed by atoms with Gasteiger partial charge in [-0.2, -0.15) is 0 Å². The van der Waals surface area contributed by atoms with Gasteiger partial charge in [-0.05, 0) is 165 Å². The summed E-state index contributed by atoms with van der Waals surface area (Å²) in [4.78, 5) is 25.2. The van der Waals surface area contributed by atoms with E-state index in [4.69, 9.17) is 0 Å². The summed E-state index contributed by atoms with van der Waals surface area (Å²) in [7, 11) is 0. The number of carboxylic acid groups (broad SMARTS) is 1. The van der Waals surface area contributed by atoms with Crippen LogP contribution in [0.2, 0.25) is 0 Å². The third-order valence-electron chi connectivity index (χ3n) is 16.7. The van der Waals surface area contributed by atoms with Gasteiger partial charge in [0.25, 0.3) is 0 Å². The first-order valence-corrected chi connectivity index (χ1v) is 19.9. The lowest BCUT2D eigenvalue weighted by Gasteiger charge is -2.72. The molecule has 0 radical (unpaired) electrons. The summed E-state index contributed by atoms with van der Waals surface area (Å²) in [5.41, 5.74) is 4.81. The predicted octanol–water partition coefficient (Wildman–Crippen LogP) is 9.68. The molecule has 0 bridgehead atoms.